The van der Waals surface area contributed by atoms with Crippen molar-refractivity contribution in [2.24, 2.45) is 0 Å². The Bertz CT molecular complexity index is 1030. The standard InChI is InChI=1S/C22H23NO5S/c1-14-16-6-4-5-7-19(16)29-21(14)22(25)28-13-20(24)23-11-10-15-8-9-17(26-2)18(12-15)27-3/h4-9,12H,10-11,13H2,1-3H3,(H,23,24). The summed E-state index contributed by atoms with van der Waals surface area (Å²) in [6.07, 6.45) is 0.620. The summed E-state index contributed by atoms with van der Waals surface area (Å²) in [5.74, 6) is 0.490. The number of nitrogens with one attached hydrogen (secondary N) is 1. The van der Waals surface area contributed by atoms with Crippen molar-refractivity contribution in [2.45, 2.75) is 13.3 Å². The number of ether oxygens (including phenoxy) is 3. The van der Waals surface area contributed by atoms with Gasteiger partial charge in [-0.05, 0) is 48.1 Å². The Hall–Kier alpha value is -3.06. The lowest BCUT2D eigenvalue weighted by Crippen LogP contribution is -2.30. The fraction of sp³-hybridized carbons (Fsp3) is 0.273. The van der Waals surface area contributed by atoms with E-state index in [2.05, 4.69) is 5.32 Å². The molecule has 3 rings (SSSR count). The minimum Gasteiger partial charge on any atom is -0.493 e. The van der Waals surface area contributed by atoms with Crippen molar-refractivity contribution in [3.8, 4) is 11.5 Å². The van der Waals surface area contributed by atoms with Crippen LogP contribution in [0.5, 0.6) is 11.5 Å². The monoisotopic (exact) mass is 413 g/mol. The number of carbonyl (C=O) groups is 2. The molecule has 0 aliphatic heterocycles. The van der Waals surface area contributed by atoms with Gasteiger partial charge in [0.25, 0.3) is 5.91 Å². The Morgan fingerprint density at radius 1 is 1.03 bits per heavy atom. The van der Waals surface area contributed by atoms with Crippen LogP contribution in [-0.4, -0.2) is 39.2 Å². The van der Waals surface area contributed by atoms with Gasteiger partial charge in [-0.15, -0.1) is 11.3 Å². The first-order chi connectivity index (χ1) is 14.0. The number of thiophene rings is 1. The SMILES string of the molecule is COc1ccc(CCNC(=O)COC(=O)c2sc3ccccc3c2C)cc1OC. The van der Waals surface area contributed by atoms with Crippen molar-refractivity contribution < 1.29 is 23.8 Å². The van der Waals surface area contributed by atoms with E-state index in [1.807, 2.05) is 49.4 Å². The van der Waals surface area contributed by atoms with Gasteiger partial charge in [0.2, 0.25) is 0 Å². The summed E-state index contributed by atoms with van der Waals surface area (Å²) in [5, 5.41) is 3.79. The molecule has 0 atom stereocenters. The third kappa shape index (κ3) is 4.86. The van der Waals surface area contributed by atoms with Crippen LogP contribution in [0.4, 0.5) is 0 Å². The number of fused-ring (bicyclic) bond motifs is 1. The van der Waals surface area contributed by atoms with E-state index in [-0.39, 0.29) is 12.5 Å². The summed E-state index contributed by atoms with van der Waals surface area (Å²) in [5.41, 5.74) is 1.88. The predicted molar refractivity (Wildman–Crippen MR) is 113 cm³/mol. The van der Waals surface area contributed by atoms with Gasteiger partial charge in [0, 0.05) is 11.2 Å². The molecule has 6 nitrogen and oxygen atoms in total. The van der Waals surface area contributed by atoms with E-state index in [1.54, 1.807) is 14.2 Å². The summed E-state index contributed by atoms with van der Waals surface area (Å²) >= 11 is 1.38. The largest absolute Gasteiger partial charge is 0.493 e. The zero-order valence-corrected chi connectivity index (χ0v) is 17.4. The number of benzene rings is 2. The Kier molecular flexibility index (Phi) is 6.72. The highest BCUT2D eigenvalue weighted by Gasteiger charge is 2.17. The average Bonchev–Trinajstić information content (AvgIpc) is 3.08. The summed E-state index contributed by atoms with van der Waals surface area (Å²) in [4.78, 5) is 24.9. The number of amides is 1. The van der Waals surface area contributed by atoms with Gasteiger partial charge in [0.15, 0.2) is 18.1 Å². The third-order valence-corrected chi connectivity index (χ3v) is 5.80. The quantitative estimate of drug-likeness (QED) is 0.570. The second kappa shape index (κ2) is 9.43. The summed E-state index contributed by atoms with van der Waals surface area (Å²) in [6, 6.07) is 13.4. The van der Waals surface area contributed by atoms with Gasteiger partial charge in [0.05, 0.1) is 14.2 Å². The number of carbonyl (C=O) groups excluding carboxylic acids is 2. The third-order valence-electron chi connectivity index (χ3n) is 4.55. The van der Waals surface area contributed by atoms with Crippen LogP contribution in [0.25, 0.3) is 10.1 Å². The molecule has 7 heteroatoms. The lowest BCUT2D eigenvalue weighted by Gasteiger charge is -2.10. The molecule has 152 valence electrons. The van der Waals surface area contributed by atoms with Crippen LogP contribution in [0.3, 0.4) is 0 Å². The molecule has 0 aliphatic carbocycles. The fourth-order valence-corrected chi connectivity index (χ4v) is 4.10. The molecule has 1 heterocycles. The fourth-order valence-electron chi connectivity index (χ4n) is 3.00. The maximum absolute atomic E-state index is 12.3. The molecule has 0 bridgehead atoms. The molecule has 0 fully saturated rings. The molecule has 29 heavy (non-hydrogen) atoms. The lowest BCUT2D eigenvalue weighted by atomic mass is 10.1. The van der Waals surface area contributed by atoms with Gasteiger partial charge in [-0.1, -0.05) is 24.3 Å². The topological polar surface area (TPSA) is 73.9 Å². The number of esters is 1. The Balaban J connectivity index is 1.48. The molecule has 0 saturated carbocycles. The first kappa shape index (κ1) is 20.7. The maximum Gasteiger partial charge on any atom is 0.349 e. The molecule has 1 N–H and O–H groups in total. The lowest BCUT2D eigenvalue weighted by molar-refractivity contribution is -0.124. The summed E-state index contributed by atoms with van der Waals surface area (Å²) in [7, 11) is 3.16. The van der Waals surface area contributed by atoms with Gasteiger partial charge in [0.1, 0.15) is 4.88 Å². The van der Waals surface area contributed by atoms with E-state index in [0.29, 0.717) is 29.3 Å². The van der Waals surface area contributed by atoms with E-state index in [9.17, 15) is 9.59 Å². The number of rotatable bonds is 8. The molecule has 1 amide bonds. The van der Waals surface area contributed by atoms with Crippen LogP contribution in [0, 0.1) is 6.92 Å². The Morgan fingerprint density at radius 3 is 2.52 bits per heavy atom. The van der Waals surface area contributed by atoms with Crippen molar-refractivity contribution in [3.63, 3.8) is 0 Å². The molecular formula is C22H23NO5S. The van der Waals surface area contributed by atoms with Crippen molar-refractivity contribution in [1.29, 1.82) is 0 Å². The zero-order chi connectivity index (χ0) is 20.8. The van der Waals surface area contributed by atoms with Crippen LogP contribution in [0.1, 0.15) is 20.8 Å². The molecule has 2 aromatic carbocycles. The van der Waals surface area contributed by atoms with Crippen molar-refractivity contribution in [3.05, 3.63) is 58.5 Å². The predicted octanol–water partition coefficient (Wildman–Crippen LogP) is 3.74. The van der Waals surface area contributed by atoms with Crippen LogP contribution in [0.2, 0.25) is 0 Å². The van der Waals surface area contributed by atoms with E-state index in [4.69, 9.17) is 14.2 Å². The van der Waals surface area contributed by atoms with Gasteiger partial charge in [-0.3, -0.25) is 4.79 Å². The van der Waals surface area contributed by atoms with Crippen LogP contribution >= 0.6 is 11.3 Å². The number of hydrogen-bond donors (Lipinski definition) is 1. The van der Waals surface area contributed by atoms with Crippen LogP contribution < -0.4 is 14.8 Å². The molecule has 3 aromatic rings. The molecular weight excluding hydrogens is 390 g/mol. The number of aryl methyl sites for hydroxylation is 1. The Morgan fingerprint density at radius 2 is 1.79 bits per heavy atom. The van der Waals surface area contributed by atoms with Gasteiger partial charge in [-0.25, -0.2) is 4.79 Å². The maximum atomic E-state index is 12.3. The highest BCUT2D eigenvalue weighted by molar-refractivity contribution is 7.21. The van der Waals surface area contributed by atoms with E-state index >= 15 is 0 Å². The molecule has 0 aliphatic rings. The summed E-state index contributed by atoms with van der Waals surface area (Å²) < 4.78 is 16.7. The first-order valence-corrected chi connectivity index (χ1v) is 9.98. The highest BCUT2D eigenvalue weighted by atomic mass is 32.1. The summed E-state index contributed by atoms with van der Waals surface area (Å²) in [6.45, 7) is 2.00. The van der Waals surface area contributed by atoms with Crippen molar-refractivity contribution in [2.75, 3.05) is 27.4 Å². The van der Waals surface area contributed by atoms with Gasteiger partial charge in [-0.2, -0.15) is 0 Å². The van der Waals surface area contributed by atoms with Crippen molar-refractivity contribution >= 4 is 33.3 Å². The minimum atomic E-state index is -0.473. The van der Waals surface area contributed by atoms with E-state index < -0.39 is 5.97 Å². The molecule has 0 radical (unpaired) electrons. The van der Waals surface area contributed by atoms with E-state index in [1.165, 1.54) is 11.3 Å². The number of methoxy groups -OCH3 is 2. The van der Waals surface area contributed by atoms with E-state index in [0.717, 1.165) is 21.2 Å². The van der Waals surface area contributed by atoms with Crippen LogP contribution in [-0.2, 0) is 16.0 Å². The molecule has 0 saturated heterocycles. The smallest absolute Gasteiger partial charge is 0.349 e. The minimum absolute atomic E-state index is 0.307. The van der Waals surface area contributed by atoms with Crippen molar-refractivity contribution in [1.82, 2.24) is 5.32 Å². The van der Waals surface area contributed by atoms with Gasteiger partial charge < -0.3 is 19.5 Å². The zero-order valence-electron chi connectivity index (χ0n) is 16.6. The molecule has 0 spiro atoms. The Labute approximate surface area is 173 Å². The molecule has 1 aromatic heterocycles. The second-order valence-electron chi connectivity index (χ2n) is 6.42. The first-order valence-electron chi connectivity index (χ1n) is 9.16. The van der Waals surface area contributed by atoms with Gasteiger partial charge >= 0.3 is 5.97 Å². The molecule has 0 unspecified atom stereocenters. The number of hydrogen-bond acceptors (Lipinski definition) is 6. The average molecular weight is 413 g/mol. The normalized spacial score (nSPS) is 10.6. The second-order valence-corrected chi connectivity index (χ2v) is 7.47. The van der Waals surface area contributed by atoms with Crippen LogP contribution in [0.15, 0.2) is 42.5 Å². The highest BCUT2D eigenvalue weighted by Crippen LogP contribution is 2.31.